The van der Waals surface area contributed by atoms with Gasteiger partial charge in [-0.15, -0.1) is 0 Å². The molecular weight excluding hydrogens is 338 g/mol. The van der Waals surface area contributed by atoms with Crippen molar-refractivity contribution >= 4 is 21.7 Å². The van der Waals surface area contributed by atoms with Crippen molar-refractivity contribution in [3.8, 4) is 11.5 Å². The van der Waals surface area contributed by atoms with E-state index in [0.29, 0.717) is 12.2 Å². The number of rotatable bonds is 6. The van der Waals surface area contributed by atoms with Crippen molar-refractivity contribution < 1.29 is 32.2 Å². The third kappa shape index (κ3) is 4.38. The number of para-hydroxylation sites is 1. The Kier molecular flexibility index (Phi) is 5.66. The molecule has 9 heteroatoms. The van der Waals surface area contributed by atoms with Crippen LogP contribution in [0.2, 0.25) is 0 Å². The average Bonchev–Trinajstić information content (AvgIpc) is 2.90. The highest BCUT2D eigenvalue weighted by molar-refractivity contribution is 7.91. The Bertz CT molecular complexity index is 729. The lowest BCUT2D eigenvalue weighted by atomic mass is 10.2. The van der Waals surface area contributed by atoms with E-state index in [1.807, 2.05) is 0 Å². The summed E-state index contributed by atoms with van der Waals surface area (Å²) < 4.78 is 37.9. The molecule has 1 saturated heterocycles. The summed E-state index contributed by atoms with van der Waals surface area (Å²) in [5.41, 5.74) is 0.132. The van der Waals surface area contributed by atoms with E-state index in [0.717, 1.165) is 0 Å². The maximum Gasteiger partial charge on any atom is 0.342 e. The molecule has 2 rings (SSSR count). The number of methoxy groups -OCH3 is 2. The van der Waals surface area contributed by atoms with Gasteiger partial charge in [0, 0.05) is 6.04 Å². The van der Waals surface area contributed by atoms with Gasteiger partial charge in [0.25, 0.3) is 5.91 Å². The molecule has 0 aromatic heterocycles. The van der Waals surface area contributed by atoms with Crippen molar-refractivity contribution in [3.63, 3.8) is 0 Å². The van der Waals surface area contributed by atoms with Crippen molar-refractivity contribution in [2.24, 2.45) is 0 Å². The summed E-state index contributed by atoms with van der Waals surface area (Å²) >= 11 is 0. The van der Waals surface area contributed by atoms with Gasteiger partial charge in [-0.25, -0.2) is 13.2 Å². The van der Waals surface area contributed by atoms with Crippen LogP contribution in [0, 0.1) is 0 Å². The van der Waals surface area contributed by atoms with E-state index in [1.165, 1.54) is 20.3 Å². The van der Waals surface area contributed by atoms with Crippen LogP contribution in [0.15, 0.2) is 18.2 Å². The van der Waals surface area contributed by atoms with E-state index in [2.05, 4.69) is 5.32 Å². The number of ether oxygens (including phenoxy) is 3. The number of nitrogens with one attached hydrogen (secondary N) is 1. The number of carbonyl (C=O) groups excluding carboxylic acids is 2. The van der Waals surface area contributed by atoms with Crippen LogP contribution in [0.5, 0.6) is 11.5 Å². The van der Waals surface area contributed by atoms with Gasteiger partial charge in [0.2, 0.25) is 0 Å². The molecule has 1 aromatic rings. The number of amides is 1. The van der Waals surface area contributed by atoms with Gasteiger partial charge in [0.15, 0.2) is 27.9 Å². The van der Waals surface area contributed by atoms with Crippen molar-refractivity contribution in [3.05, 3.63) is 23.8 Å². The van der Waals surface area contributed by atoms with E-state index in [1.54, 1.807) is 12.1 Å². The lowest BCUT2D eigenvalue weighted by molar-refractivity contribution is -0.124. The molecule has 1 N–H and O–H groups in total. The summed E-state index contributed by atoms with van der Waals surface area (Å²) in [6.07, 6.45) is 0.367. The van der Waals surface area contributed by atoms with Gasteiger partial charge >= 0.3 is 5.97 Å². The fraction of sp³-hybridized carbons (Fsp3) is 0.467. The smallest absolute Gasteiger partial charge is 0.342 e. The average molecular weight is 357 g/mol. The summed E-state index contributed by atoms with van der Waals surface area (Å²) in [5.74, 6) is -0.734. The van der Waals surface area contributed by atoms with Gasteiger partial charge < -0.3 is 19.5 Å². The van der Waals surface area contributed by atoms with E-state index in [4.69, 9.17) is 14.2 Å². The molecule has 1 aliphatic heterocycles. The zero-order chi connectivity index (χ0) is 17.7. The van der Waals surface area contributed by atoms with Crippen LogP contribution in [0.25, 0.3) is 0 Å². The van der Waals surface area contributed by atoms with Crippen LogP contribution in [0.1, 0.15) is 16.8 Å². The van der Waals surface area contributed by atoms with Crippen LogP contribution in [0.4, 0.5) is 0 Å². The highest BCUT2D eigenvalue weighted by Gasteiger charge is 2.29. The second-order valence-corrected chi connectivity index (χ2v) is 7.51. The normalized spacial score (nSPS) is 18.7. The standard InChI is InChI=1S/C15H19NO7S/c1-21-12-5-3-4-11(14(12)22-2)15(18)23-8-13(17)16-10-6-7-24(19,20)9-10/h3-5,10H,6-9H2,1-2H3,(H,16,17). The van der Waals surface area contributed by atoms with Crippen LogP contribution < -0.4 is 14.8 Å². The second kappa shape index (κ2) is 7.52. The first kappa shape index (κ1) is 18.1. The summed E-state index contributed by atoms with van der Waals surface area (Å²) in [4.78, 5) is 23.9. The van der Waals surface area contributed by atoms with Gasteiger partial charge in [0.05, 0.1) is 25.7 Å². The molecule has 0 aliphatic carbocycles. The minimum Gasteiger partial charge on any atom is -0.493 e. The fourth-order valence-corrected chi connectivity index (χ4v) is 4.11. The first-order valence-corrected chi connectivity index (χ1v) is 9.06. The second-order valence-electron chi connectivity index (χ2n) is 5.28. The Morgan fingerprint density at radius 2 is 2.00 bits per heavy atom. The van der Waals surface area contributed by atoms with E-state index >= 15 is 0 Å². The maximum atomic E-state index is 12.1. The van der Waals surface area contributed by atoms with Gasteiger partial charge in [-0.2, -0.15) is 0 Å². The van der Waals surface area contributed by atoms with Crippen molar-refractivity contribution in [2.45, 2.75) is 12.5 Å². The molecule has 1 aromatic carbocycles. The van der Waals surface area contributed by atoms with E-state index in [-0.39, 0.29) is 22.8 Å². The van der Waals surface area contributed by atoms with E-state index in [9.17, 15) is 18.0 Å². The Morgan fingerprint density at radius 1 is 1.25 bits per heavy atom. The van der Waals surface area contributed by atoms with Crippen LogP contribution in [0.3, 0.4) is 0 Å². The summed E-state index contributed by atoms with van der Waals surface area (Å²) in [7, 11) is -0.254. The van der Waals surface area contributed by atoms with Crippen molar-refractivity contribution in [2.75, 3.05) is 32.3 Å². The molecule has 0 radical (unpaired) electrons. The van der Waals surface area contributed by atoms with Crippen molar-refractivity contribution in [1.29, 1.82) is 0 Å². The molecule has 8 nitrogen and oxygen atoms in total. The molecule has 0 spiro atoms. The SMILES string of the molecule is COc1cccc(C(=O)OCC(=O)NC2CCS(=O)(=O)C2)c1OC. The fourth-order valence-electron chi connectivity index (χ4n) is 2.43. The Balaban J connectivity index is 1.92. The predicted octanol–water partition coefficient (Wildman–Crippen LogP) is 0.164. The molecule has 0 bridgehead atoms. The van der Waals surface area contributed by atoms with Crippen LogP contribution in [-0.2, 0) is 19.4 Å². The lowest BCUT2D eigenvalue weighted by Gasteiger charge is -2.13. The molecule has 1 fully saturated rings. The molecule has 1 unspecified atom stereocenters. The molecule has 1 aliphatic rings. The molecular formula is C15H19NO7S. The first-order chi connectivity index (χ1) is 11.4. The zero-order valence-electron chi connectivity index (χ0n) is 13.4. The van der Waals surface area contributed by atoms with Crippen molar-refractivity contribution in [1.82, 2.24) is 5.32 Å². The number of benzene rings is 1. The van der Waals surface area contributed by atoms with Crippen LogP contribution >= 0.6 is 0 Å². The zero-order valence-corrected chi connectivity index (χ0v) is 14.2. The Labute approximate surface area is 140 Å². The Morgan fingerprint density at radius 3 is 2.58 bits per heavy atom. The topological polar surface area (TPSA) is 108 Å². The third-order valence-electron chi connectivity index (χ3n) is 3.55. The van der Waals surface area contributed by atoms with Gasteiger partial charge in [-0.1, -0.05) is 6.07 Å². The Hall–Kier alpha value is -2.29. The largest absolute Gasteiger partial charge is 0.493 e. The first-order valence-electron chi connectivity index (χ1n) is 7.24. The molecule has 1 amide bonds. The molecule has 1 heterocycles. The number of hydrogen-bond acceptors (Lipinski definition) is 7. The highest BCUT2D eigenvalue weighted by Crippen LogP contribution is 2.31. The number of carbonyl (C=O) groups is 2. The maximum absolute atomic E-state index is 12.1. The monoisotopic (exact) mass is 357 g/mol. The highest BCUT2D eigenvalue weighted by atomic mass is 32.2. The minimum atomic E-state index is -3.08. The molecule has 132 valence electrons. The number of hydrogen-bond donors (Lipinski definition) is 1. The summed E-state index contributed by atoms with van der Waals surface area (Å²) in [6.45, 7) is -0.504. The number of sulfone groups is 1. The van der Waals surface area contributed by atoms with Crippen LogP contribution in [-0.4, -0.2) is 58.7 Å². The van der Waals surface area contributed by atoms with Gasteiger partial charge in [0.1, 0.15) is 5.56 Å². The van der Waals surface area contributed by atoms with Gasteiger partial charge in [-0.3, -0.25) is 4.79 Å². The molecule has 1 atom stereocenters. The quantitative estimate of drug-likeness (QED) is 0.723. The molecule has 0 saturated carbocycles. The predicted molar refractivity (Wildman–Crippen MR) is 85.0 cm³/mol. The third-order valence-corrected chi connectivity index (χ3v) is 5.32. The minimum absolute atomic E-state index is 0.0543. The summed E-state index contributed by atoms with van der Waals surface area (Å²) in [5, 5.41) is 2.54. The number of esters is 1. The van der Waals surface area contributed by atoms with Gasteiger partial charge in [-0.05, 0) is 18.6 Å². The summed E-state index contributed by atoms with van der Waals surface area (Å²) in [6, 6.07) is 4.28. The van der Waals surface area contributed by atoms with E-state index < -0.39 is 34.4 Å². The lowest BCUT2D eigenvalue weighted by Crippen LogP contribution is -2.38. The molecule has 24 heavy (non-hydrogen) atoms.